The Labute approximate surface area is 142 Å². The second-order valence-electron chi connectivity index (χ2n) is 4.95. The van der Waals surface area contributed by atoms with Gasteiger partial charge in [0.1, 0.15) is 5.69 Å². The molecule has 1 aromatic carbocycles. The van der Waals surface area contributed by atoms with E-state index < -0.39 is 0 Å². The van der Waals surface area contributed by atoms with Gasteiger partial charge in [0, 0.05) is 39.8 Å². The first-order valence-electron chi connectivity index (χ1n) is 6.48. The predicted molar refractivity (Wildman–Crippen MR) is 95.9 cm³/mol. The van der Waals surface area contributed by atoms with Gasteiger partial charge in [0.05, 0.1) is 6.54 Å². The Morgan fingerprint density at radius 2 is 1.71 bits per heavy atom. The minimum atomic E-state index is 0. The van der Waals surface area contributed by atoms with Crippen molar-refractivity contribution in [3.05, 3.63) is 42.1 Å². The Kier molecular flexibility index (Phi) is 6.67. The molecule has 0 aliphatic rings. The van der Waals surface area contributed by atoms with Crippen LogP contribution in [0, 0.1) is 0 Å². The zero-order valence-corrected chi connectivity index (χ0v) is 15.1. The quantitative estimate of drug-likeness (QED) is 0.452. The second-order valence-corrected chi connectivity index (χ2v) is 4.95. The number of halogens is 1. The molecule has 114 valence electrons. The normalized spacial score (nSPS) is 9.71. The Bertz CT molecular complexity index is 568. The van der Waals surface area contributed by atoms with Crippen molar-refractivity contribution in [3.8, 4) is 11.3 Å². The summed E-state index contributed by atoms with van der Waals surface area (Å²) in [5.41, 5.74) is 1.85. The molecule has 1 aromatic heterocycles. The van der Waals surface area contributed by atoms with Crippen molar-refractivity contribution in [1.82, 2.24) is 15.0 Å². The van der Waals surface area contributed by atoms with E-state index in [-0.39, 0.29) is 24.0 Å². The van der Waals surface area contributed by atoms with Crippen LogP contribution in [0.5, 0.6) is 0 Å². The lowest BCUT2D eigenvalue weighted by atomic mass is 10.2. The van der Waals surface area contributed by atoms with E-state index in [2.05, 4.69) is 10.1 Å². The summed E-state index contributed by atoms with van der Waals surface area (Å²) in [7, 11) is 7.88. The average Bonchev–Trinajstić information content (AvgIpc) is 2.88. The van der Waals surface area contributed by atoms with E-state index in [0.717, 1.165) is 23.0 Å². The van der Waals surface area contributed by atoms with Crippen molar-refractivity contribution < 1.29 is 4.52 Å². The molecule has 0 aliphatic heterocycles. The smallest absolute Gasteiger partial charge is 0.195 e. The molecular weight excluding hydrogens is 379 g/mol. The van der Waals surface area contributed by atoms with Gasteiger partial charge in [0.2, 0.25) is 0 Å². The summed E-state index contributed by atoms with van der Waals surface area (Å²) in [6.45, 7) is 0.502. The highest BCUT2D eigenvalue weighted by atomic mass is 127. The van der Waals surface area contributed by atoms with E-state index in [4.69, 9.17) is 4.52 Å². The van der Waals surface area contributed by atoms with Gasteiger partial charge in [-0.25, -0.2) is 4.99 Å². The molecule has 0 saturated carbocycles. The van der Waals surface area contributed by atoms with E-state index in [1.165, 1.54) is 0 Å². The van der Waals surface area contributed by atoms with E-state index in [1.54, 1.807) is 0 Å². The topological polar surface area (TPSA) is 44.9 Å². The van der Waals surface area contributed by atoms with Crippen molar-refractivity contribution >= 4 is 29.9 Å². The molecule has 0 amide bonds. The van der Waals surface area contributed by atoms with E-state index in [0.29, 0.717) is 6.54 Å². The van der Waals surface area contributed by atoms with Crippen molar-refractivity contribution in [2.24, 2.45) is 4.99 Å². The number of rotatable bonds is 3. The van der Waals surface area contributed by atoms with Crippen LogP contribution >= 0.6 is 24.0 Å². The molecule has 6 heteroatoms. The summed E-state index contributed by atoms with van der Waals surface area (Å²) in [5, 5.41) is 4.06. The van der Waals surface area contributed by atoms with Gasteiger partial charge in [-0.3, -0.25) is 0 Å². The molecule has 0 saturated heterocycles. The molecule has 0 fully saturated rings. The first-order valence-corrected chi connectivity index (χ1v) is 6.48. The lowest BCUT2D eigenvalue weighted by Gasteiger charge is -2.22. The summed E-state index contributed by atoms with van der Waals surface area (Å²) in [6.07, 6.45) is 0. The van der Waals surface area contributed by atoms with Gasteiger partial charge in [-0.2, -0.15) is 0 Å². The zero-order valence-electron chi connectivity index (χ0n) is 12.8. The Hall–Kier alpha value is -1.57. The summed E-state index contributed by atoms with van der Waals surface area (Å²) < 4.78 is 5.36. The van der Waals surface area contributed by atoms with E-state index in [1.807, 2.05) is 74.4 Å². The average molecular weight is 400 g/mol. The third-order valence-electron chi connectivity index (χ3n) is 2.80. The molecule has 1 heterocycles. The number of nitrogens with zero attached hydrogens (tertiary/aromatic N) is 4. The van der Waals surface area contributed by atoms with Gasteiger partial charge in [-0.15, -0.1) is 24.0 Å². The number of guanidine groups is 1. The molecule has 0 radical (unpaired) electrons. The van der Waals surface area contributed by atoms with Crippen LogP contribution in [-0.2, 0) is 6.54 Å². The number of aliphatic imine (C=N–C) groups is 1. The van der Waals surface area contributed by atoms with Crippen LogP contribution in [0.25, 0.3) is 11.3 Å². The number of benzene rings is 1. The van der Waals surface area contributed by atoms with Gasteiger partial charge in [-0.05, 0) is 0 Å². The molecule has 2 rings (SSSR count). The molecule has 0 atom stereocenters. The van der Waals surface area contributed by atoms with Crippen LogP contribution < -0.4 is 0 Å². The summed E-state index contributed by atoms with van der Waals surface area (Å²) in [5.74, 6) is 1.67. The molecule has 2 aromatic rings. The number of hydrogen-bond donors (Lipinski definition) is 0. The van der Waals surface area contributed by atoms with Crippen LogP contribution in [0.15, 0.2) is 45.9 Å². The van der Waals surface area contributed by atoms with E-state index >= 15 is 0 Å². The predicted octanol–water partition coefficient (Wildman–Crippen LogP) is 2.94. The molecular formula is C15H21IN4O. The molecule has 21 heavy (non-hydrogen) atoms. The van der Waals surface area contributed by atoms with Crippen molar-refractivity contribution in [2.45, 2.75) is 6.54 Å². The summed E-state index contributed by atoms with van der Waals surface area (Å²) >= 11 is 0. The molecule has 0 N–H and O–H groups in total. The lowest BCUT2D eigenvalue weighted by Crippen LogP contribution is -2.35. The third-order valence-corrected chi connectivity index (χ3v) is 2.80. The van der Waals surface area contributed by atoms with Gasteiger partial charge in [0.15, 0.2) is 11.7 Å². The fraction of sp³-hybridized carbons (Fsp3) is 0.333. The number of hydrogen-bond acceptors (Lipinski definition) is 3. The van der Waals surface area contributed by atoms with Gasteiger partial charge in [-0.1, -0.05) is 35.5 Å². The van der Waals surface area contributed by atoms with Crippen LogP contribution in [0.4, 0.5) is 0 Å². The van der Waals surface area contributed by atoms with Gasteiger partial charge < -0.3 is 14.3 Å². The number of aromatic nitrogens is 1. The Balaban J connectivity index is 0.00000220. The maximum atomic E-state index is 5.36. The zero-order chi connectivity index (χ0) is 14.5. The minimum absolute atomic E-state index is 0. The van der Waals surface area contributed by atoms with Gasteiger partial charge in [0.25, 0.3) is 0 Å². The molecule has 0 spiro atoms. The fourth-order valence-electron chi connectivity index (χ4n) is 1.96. The summed E-state index contributed by atoms with van der Waals surface area (Å²) in [4.78, 5) is 8.49. The molecule has 0 unspecified atom stereocenters. The standard InChI is InChI=1S/C15H20N4O.HI/c1-18(2)15(19(3)4)16-11-13-10-14(20-17-13)12-8-6-5-7-9-12;/h5-10H,11H2,1-4H3;1H. The second kappa shape index (κ2) is 8.02. The SMILES string of the molecule is CN(C)C(=NCc1cc(-c2ccccc2)on1)N(C)C.I. The van der Waals surface area contributed by atoms with Crippen LogP contribution in [0.1, 0.15) is 5.69 Å². The highest BCUT2D eigenvalue weighted by Crippen LogP contribution is 2.19. The fourth-order valence-corrected chi connectivity index (χ4v) is 1.96. The first-order chi connectivity index (χ1) is 9.58. The molecule has 0 bridgehead atoms. The lowest BCUT2D eigenvalue weighted by molar-refractivity contribution is 0.422. The van der Waals surface area contributed by atoms with E-state index in [9.17, 15) is 0 Å². The monoisotopic (exact) mass is 400 g/mol. The Morgan fingerprint density at radius 3 is 2.29 bits per heavy atom. The third kappa shape index (κ3) is 4.73. The first kappa shape index (κ1) is 17.5. The maximum absolute atomic E-state index is 5.36. The highest BCUT2D eigenvalue weighted by molar-refractivity contribution is 14.0. The summed E-state index contributed by atoms with van der Waals surface area (Å²) in [6, 6.07) is 11.9. The molecule has 0 aliphatic carbocycles. The van der Waals surface area contributed by atoms with Crippen LogP contribution in [-0.4, -0.2) is 49.1 Å². The largest absolute Gasteiger partial charge is 0.356 e. The van der Waals surface area contributed by atoms with Crippen LogP contribution in [0.2, 0.25) is 0 Å². The molecule has 5 nitrogen and oxygen atoms in total. The van der Waals surface area contributed by atoms with Gasteiger partial charge >= 0.3 is 0 Å². The van der Waals surface area contributed by atoms with Crippen molar-refractivity contribution in [3.63, 3.8) is 0 Å². The Morgan fingerprint density at radius 1 is 1.10 bits per heavy atom. The highest BCUT2D eigenvalue weighted by Gasteiger charge is 2.08. The van der Waals surface area contributed by atoms with Crippen molar-refractivity contribution in [2.75, 3.05) is 28.2 Å². The minimum Gasteiger partial charge on any atom is -0.356 e. The maximum Gasteiger partial charge on any atom is 0.195 e. The van der Waals surface area contributed by atoms with Crippen molar-refractivity contribution in [1.29, 1.82) is 0 Å². The van der Waals surface area contributed by atoms with Crippen LogP contribution in [0.3, 0.4) is 0 Å².